The number of ether oxygens (including phenoxy) is 1. The number of rotatable bonds is 8. The fourth-order valence-corrected chi connectivity index (χ4v) is 5.54. The topological polar surface area (TPSA) is 131 Å². The number of halogens is 1. The van der Waals surface area contributed by atoms with Gasteiger partial charge in [0, 0.05) is 5.69 Å². The minimum atomic E-state index is -1.48. The van der Waals surface area contributed by atoms with Crippen LogP contribution in [0, 0.1) is 11.7 Å². The van der Waals surface area contributed by atoms with Crippen molar-refractivity contribution in [3.63, 3.8) is 0 Å². The van der Waals surface area contributed by atoms with Crippen LogP contribution < -0.4 is 4.90 Å². The molecule has 8 unspecified atom stereocenters. The molecule has 0 aliphatic carbocycles. The summed E-state index contributed by atoms with van der Waals surface area (Å²) in [7, 11) is 0. The molecule has 0 aromatic heterocycles. The second-order valence-corrected chi connectivity index (χ2v) is 10.2. The average Bonchev–Trinajstić information content (AvgIpc) is 2.96. The Morgan fingerprint density at radius 1 is 0.846 bits per heavy atom. The maximum absolute atomic E-state index is 13.3. The van der Waals surface area contributed by atoms with Gasteiger partial charge in [0.05, 0.1) is 24.7 Å². The summed E-state index contributed by atoms with van der Waals surface area (Å²) >= 11 is 0. The van der Waals surface area contributed by atoms with Crippen molar-refractivity contribution in [3.05, 3.63) is 101 Å². The number of carbonyl (C=O) groups is 1. The van der Waals surface area contributed by atoms with E-state index >= 15 is 0 Å². The molecule has 2 fully saturated rings. The number of benzene rings is 3. The van der Waals surface area contributed by atoms with Gasteiger partial charge in [0.25, 0.3) is 0 Å². The van der Waals surface area contributed by atoms with Crippen LogP contribution in [0.5, 0.6) is 0 Å². The Labute approximate surface area is 225 Å². The number of nitrogens with zero attached hydrogens (tertiary/aromatic N) is 1. The molecule has 5 N–H and O–H groups in total. The second-order valence-electron chi connectivity index (χ2n) is 10.2. The molecule has 8 atom stereocenters. The van der Waals surface area contributed by atoms with E-state index in [1.54, 1.807) is 17.0 Å². The molecule has 206 valence electrons. The van der Waals surface area contributed by atoms with Crippen LogP contribution in [0.15, 0.2) is 78.9 Å². The van der Waals surface area contributed by atoms with Gasteiger partial charge in [-0.05, 0) is 53.8 Å². The zero-order chi connectivity index (χ0) is 27.7. The van der Waals surface area contributed by atoms with Gasteiger partial charge in [-0.2, -0.15) is 0 Å². The van der Waals surface area contributed by atoms with Gasteiger partial charge in [-0.1, -0.05) is 54.6 Å². The summed E-state index contributed by atoms with van der Waals surface area (Å²) in [6.45, 7) is -0.513. The van der Waals surface area contributed by atoms with Crippen molar-refractivity contribution in [1.82, 2.24) is 0 Å². The molecule has 0 radical (unpaired) electrons. The van der Waals surface area contributed by atoms with E-state index in [1.807, 2.05) is 42.5 Å². The summed E-state index contributed by atoms with van der Waals surface area (Å²) in [6, 6.07) is 21.8. The van der Waals surface area contributed by atoms with Crippen molar-refractivity contribution >= 4 is 11.6 Å². The van der Waals surface area contributed by atoms with Gasteiger partial charge in [0.2, 0.25) is 5.91 Å². The molecule has 2 aliphatic heterocycles. The van der Waals surface area contributed by atoms with Crippen LogP contribution in [0.25, 0.3) is 0 Å². The van der Waals surface area contributed by atoms with E-state index in [-0.39, 0.29) is 17.8 Å². The standard InChI is InChI=1S/C30H32FNO7/c31-20-12-10-17(11-13-20)23(34)15-14-22-25(32(30(22)38)21-4-2-1-3-5-21)18-6-8-19(9-7-18)29-28(37)27(36)26(35)24(16-33)39-29/h1-13,22-29,33-37H,14-16H2. The third-order valence-electron chi connectivity index (χ3n) is 7.75. The third kappa shape index (κ3) is 5.34. The molecule has 2 heterocycles. The first kappa shape index (κ1) is 27.4. The van der Waals surface area contributed by atoms with Gasteiger partial charge in [0.15, 0.2) is 0 Å². The van der Waals surface area contributed by atoms with Crippen LogP contribution in [0.4, 0.5) is 10.1 Å². The molecule has 2 saturated heterocycles. The summed E-state index contributed by atoms with van der Waals surface area (Å²) in [4.78, 5) is 15.0. The maximum Gasteiger partial charge on any atom is 0.233 e. The molecule has 3 aromatic rings. The molecular weight excluding hydrogens is 505 g/mol. The SMILES string of the molecule is O=C1C(CCC(O)c2ccc(F)cc2)C(c2ccc(C3OC(CO)C(O)C(O)C3O)cc2)N1c1ccccc1. The van der Waals surface area contributed by atoms with Crippen LogP contribution in [-0.2, 0) is 9.53 Å². The van der Waals surface area contributed by atoms with Gasteiger partial charge >= 0.3 is 0 Å². The minimum Gasteiger partial charge on any atom is -0.394 e. The van der Waals surface area contributed by atoms with Crippen molar-refractivity contribution in [2.75, 3.05) is 11.5 Å². The zero-order valence-corrected chi connectivity index (χ0v) is 21.1. The number of aliphatic hydroxyl groups is 5. The highest BCUT2D eigenvalue weighted by Crippen LogP contribution is 2.46. The summed E-state index contributed by atoms with van der Waals surface area (Å²) in [5.74, 6) is -0.834. The number of amides is 1. The van der Waals surface area contributed by atoms with Gasteiger partial charge in [0.1, 0.15) is 36.3 Å². The van der Waals surface area contributed by atoms with Gasteiger partial charge < -0.3 is 35.2 Å². The fraction of sp³-hybridized carbons (Fsp3) is 0.367. The Kier molecular flexibility index (Phi) is 8.08. The van der Waals surface area contributed by atoms with E-state index in [2.05, 4.69) is 0 Å². The minimum absolute atomic E-state index is 0.0597. The average molecular weight is 538 g/mol. The lowest BCUT2D eigenvalue weighted by Crippen LogP contribution is -2.55. The first-order valence-corrected chi connectivity index (χ1v) is 13.0. The molecule has 39 heavy (non-hydrogen) atoms. The molecule has 0 spiro atoms. The monoisotopic (exact) mass is 537 g/mol. The highest BCUT2D eigenvalue weighted by molar-refractivity contribution is 6.03. The van der Waals surface area contributed by atoms with Crippen LogP contribution in [0.1, 0.15) is 47.8 Å². The van der Waals surface area contributed by atoms with Crippen molar-refractivity contribution < 1.29 is 39.5 Å². The van der Waals surface area contributed by atoms with Crippen LogP contribution in [-0.4, -0.2) is 62.5 Å². The molecule has 9 heteroatoms. The van der Waals surface area contributed by atoms with E-state index in [9.17, 15) is 34.7 Å². The maximum atomic E-state index is 13.3. The van der Waals surface area contributed by atoms with E-state index in [0.29, 0.717) is 24.0 Å². The molecular formula is C30H32FNO7. The largest absolute Gasteiger partial charge is 0.394 e. The lowest BCUT2D eigenvalue weighted by molar-refractivity contribution is -0.231. The van der Waals surface area contributed by atoms with Gasteiger partial charge in [-0.3, -0.25) is 4.79 Å². The predicted octanol–water partition coefficient (Wildman–Crippen LogP) is 2.56. The molecule has 3 aromatic carbocycles. The predicted molar refractivity (Wildman–Crippen MR) is 140 cm³/mol. The quantitative estimate of drug-likeness (QED) is 0.279. The lowest BCUT2D eigenvalue weighted by atomic mass is 9.78. The molecule has 0 saturated carbocycles. The Hall–Kier alpha value is -3.18. The first-order chi connectivity index (χ1) is 18.8. The highest BCUT2D eigenvalue weighted by atomic mass is 19.1. The van der Waals surface area contributed by atoms with Crippen LogP contribution in [0.3, 0.4) is 0 Å². The number of β-lactam (4-membered cyclic amide) rings is 1. The Morgan fingerprint density at radius 2 is 1.49 bits per heavy atom. The van der Waals surface area contributed by atoms with Gasteiger partial charge in [-0.25, -0.2) is 4.39 Å². The smallest absolute Gasteiger partial charge is 0.233 e. The summed E-state index contributed by atoms with van der Waals surface area (Å²) < 4.78 is 19.0. The number of aliphatic hydroxyl groups excluding tert-OH is 5. The molecule has 0 bridgehead atoms. The van der Waals surface area contributed by atoms with E-state index < -0.39 is 49.1 Å². The Bertz CT molecular complexity index is 1250. The number of para-hydroxylation sites is 1. The number of hydrogen-bond donors (Lipinski definition) is 5. The first-order valence-electron chi connectivity index (χ1n) is 13.0. The molecule has 5 rings (SSSR count). The van der Waals surface area contributed by atoms with E-state index in [4.69, 9.17) is 4.74 Å². The Morgan fingerprint density at radius 3 is 2.13 bits per heavy atom. The van der Waals surface area contributed by atoms with Crippen LogP contribution >= 0.6 is 0 Å². The fourth-order valence-electron chi connectivity index (χ4n) is 5.54. The molecule has 2 aliphatic rings. The number of hydrogen-bond acceptors (Lipinski definition) is 7. The third-order valence-corrected chi connectivity index (χ3v) is 7.75. The lowest BCUT2D eigenvalue weighted by Gasteiger charge is -2.48. The second kappa shape index (κ2) is 11.5. The van der Waals surface area contributed by atoms with Crippen molar-refractivity contribution in [2.24, 2.45) is 5.92 Å². The van der Waals surface area contributed by atoms with Crippen molar-refractivity contribution in [3.8, 4) is 0 Å². The number of anilines is 1. The summed E-state index contributed by atoms with van der Waals surface area (Å²) in [5.41, 5.74) is 2.73. The van der Waals surface area contributed by atoms with Gasteiger partial charge in [-0.15, -0.1) is 0 Å². The molecule has 8 nitrogen and oxygen atoms in total. The Balaban J connectivity index is 1.37. The molecule has 1 amide bonds. The summed E-state index contributed by atoms with van der Waals surface area (Å²) in [5, 5.41) is 50.9. The summed E-state index contributed by atoms with van der Waals surface area (Å²) in [6.07, 6.45) is -6.36. The van der Waals surface area contributed by atoms with E-state index in [1.165, 1.54) is 24.3 Å². The van der Waals surface area contributed by atoms with Crippen molar-refractivity contribution in [2.45, 2.75) is 55.5 Å². The highest BCUT2D eigenvalue weighted by Gasteiger charge is 2.49. The number of carbonyl (C=O) groups excluding carboxylic acids is 1. The zero-order valence-electron chi connectivity index (χ0n) is 21.1. The van der Waals surface area contributed by atoms with Crippen LogP contribution in [0.2, 0.25) is 0 Å². The van der Waals surface area contributed by atoms with E-state index in [0.717, 1.165) is 11.3 Å². The normalized spacial score (nSPS) is 29.6. The van der Waals surface area contributed by atoms with Crippen molar-refractivity contribution in [1.29, 1.82) is 0 Å².